The fourth-order valence-corrected chi connectivity index (χ4v) is 2.79. The number of carbonyl (C=O) groups excluding carboxylic acids is 2. The largest absolute Gasteiger partial charge is 0.369 e. The number of rotatable bonds is 5. The third-order valence-corrected chi connectivity index (χ3v) is 4.11. The SMILES string of the molecule is CC(C)C1CN(CC(N)=O)CCC(=O)N1CC1CC1. The molecule has 1 aliphatic heterocycles. The molecule has 19 heavy (non-hydrogen) atoms. The molecule has 5 heteroatoms. The van der Waals surface area contributed by atoms with Gasteiger partial charge in [-0.15, -0.1) is 0 Å². The van der Waals surface area contributed by atoms with Crippen molar-refractivity contribution in [1.29, 1.82) is 0 Å². The molecule has 2 rings (SSSR count). The smallest absolute Gasteiger partial charge is 0.231 e. The maximum Gasteiger partial charge on any atom is 0.231 e. The molecule has 2 fully saturated rings. The molecule has 1 atom stereocenters. The summed E-state index contributed by atoms with van der Waals surface area (Å²) < 4.78 is 0. The molecule has 0 aromatic heterocycles. The third-order valence-electron chi connectivity index (χ3n) is 4.11. The second-order valence-electron chi connectivity index (χ2n) is 6.25. The predicted molar refractivity (Wildman–Crippen MR) is 73.3 cm³/mol. The highest BCUT2D eigenvalue weighted by atomic mass is 16.2. The summed E-state index contributed by atoms with van der Waals surface area (Å²) in [5.41, 5.74) is 5.28. The average molecular weight is 267 g/mol. The number of nitrogens with zero attached hydrogens (tertiary/aromatic N) is 2. The Balaban J connectivity index is 2.07. The van der Waals surface area contributed by atoms with Gasteiger partial charge in [0, 0.05) is 32.1 Å². The van der Waals surface area contributed by atoms with Crippen molar-refractivity contribution in [1.82, 2.24) is 9.80 Å². The van der Waals surface area contributed by atoms with Crippen LogP contribution in [0.25, 0.3) is 0 Å². The van der Waals surface area contributed by atoms with Crippen LogP contribution < -0.4 is 5.73 Å². The lowest BCUT2D eigenvalue weighted by molar-refractivity contribution is -0.133. The monoisotopic (exact) mass is 267 g/mol. The Bertz CT molecular complexity index is 353. The van der Waals surface area contributed by atoms with Gasteiger partial charge in [0.05, 0.1) is 6.54 Å². The molecule has 0 spiro atoms. The van der Waals surface area contributed by atoms with E-state index in [4.69, 9.17) is 5.73 Å². The fourth-order valence-electron chi connectivity index (χ4n) is 2.79. The van der Waals surface area contributed by atoms with Gasteiger partial charge in [0.2, 0.25) is 11.8 Å². The lowest BCUT2D eigenvalue weighted by atomic mass is 10.0. The Morgan fingerprint density at radius 2 is 2.11 bits per heavy atom. The molecule has 0 aromatic rings. The van der Waals surface area contributed by atoms with E-state index in [-0.39, 0.29) is 24.4 Å². The van der Waals surface area contributed by atoms with Crippen molar-refractivity contribution in [3.63, 3.8) is 0 Å². The quantitative estimate of drug-likeness (QED) is 0.786. The zero-order chi connectivity index (χ0) is 14.0. The molecule has 1 unspecified atom stereocenters. The first-order valence-electron chi connectivity index (χ1n) is 7.27. The van der Waals surface area contributed by atoms with Crippen molar-refractivity contribution in [3.8, 4) is 0 Å². The molecule has 2 N–H and O–H groups in total. The van der Waals surface area contributed by atoms with Crippen LogP contribution in [0.2, 0.25) is 0 Å². The number of carbonyl (C=O) groups is 2. The zero-order valence-electron chi connectivity index (χ0n) is 12.0. The Kier molecular flexibility index (Phi) is 4.45. The maximum absolute atomic E-state index is 12.3. The minimum Gasteiger partial charge on any atom is -0.369 e. The third kappa shape index (κ3) is 3.93. The topological polar surface area (TPSA) is 66.6 Å². The number of hydrogen-bond donors (Lipinski definition) is 1. The van der Waals surface area contributed by atoms with Crippen molar-refractivity contribution >= 4 is 11.8 Å². The first-order chi connectivity index (χ1) is 8.97. The van der Waals surface area contributed by atoms with E-state index >= 15 is 0 Å². The van der Waals surface area contributed by atoms with Gasteiger partial charge < -0.3 is 10.6 Å². The molecule has 0 aromatic carbocycles. The predicted octanol–water partition coefficient (Wildman–Crippen LogP) is 0.441. The molecule has 0 bridgehead atoms. The number of primary amides is 1. The van der Waals surface area contributed by atoms with Crippen LogP contribution in [0.5, 0.6) is 0 Å². The first-order valence-corrected chi connectivity index (χ1v) is 7.27. The first kappa shape index (κ1) is 14.3. The van der Waals surface area contributed by atoms with Gasteiger partial charge in [-0.05, 0) is 24.7 Å². The number of hydrogen-bond acceptors (Lipinski definition) is 3. The van der Waals surface area contributed by atoms with Crippen LogP contribution in [-0.4, -0.2) is 53.8 Å². The van der Waals surface area contributed by atoms with Crippen LogP contribution in [0.1, 0.15) is 33.1 Å². The summed E-state index contributed by atoms with van der Waals surface area (Å²) in [6, 6.07) is 0.204. The summed E-state index contributed by atoms with van der Waals surface area (Å²) in [6.07, 6.45) is 3.00. The van der Waals surface area contributed by atoms with Crippen LogP contribution in [0.15, 0.2) is 0 Å². The van der Waals surface area contributed by atoms with Gasteiger partial charge in [-0.3, -0.25) is 14.5 Å². The van der Waals surface area contributed by atoms with Crippen LogP contribution in [0.3, 0.4) is 0 Å². The lowest BCUT2D eigenvalue weighted by Gasteiger charge is -2.34. The molecule has 1 heterocycles. The van der Waals surface area contributed by atoms with E-state index in [9.17, 15) is 9.59 Å². The highest BCUT2D eigenvalue weighted by Gasteiger charge is 2.35. The number of amides is 2. The van der Waals surface area contributed by atoms with Crippen molar-refractivity contribution in [3.05, 3.63) is 0 Å². The van der Waals surface area contributed by atoms with E-state index < -0.39 is 0 Å². The van der Waals surface area contributed by atoms with Gasteiger partial charge in [0.25, 0.3) is 0 Å². The summed E-state index contributed by atoms with van der Waals surface area (Å²) in [7, 11) is 0. The maximum atomic E-state index is 12.3. The molecular weight excluding hydrogens is 242 g/mol. The van der Waals surface area contributed by atoms with Gasteiger partial charge in [-0.2, -0.15) is 0 Å². The van der Waals surface area contributed by atoms with Gasteiger partial charge in [0.15, 0.2) is 0 Å². The van der Waals surface area contributed by atoms with Gasteiger partial charge >= 0.3 is 0 Å². The summed E-state index contributed by atoms with van der Waals surface area (Å²) >= 11 is 0. The van der Waals surface area contributed by atoms with E-state index in [1.807, 2.05) is 4.90 Å². The van der Waals surface area contributed by atoms with Crippen LogP contribution in [-0.2, 0) is 9.59 Å². The molecular formula is C14H25N3O2. The Morgan fingerprint density at radius 1 is 1.42 bits per heavy atom. The van der Waals surface area contributed by atoms with Crippen LogP contribution >= 0.6 is 0 Å². The molecule has 5 nitrogen and oxygen atoms in total. The van der Waals surface area contributed by atoms with E-state index in [2.05, 4.69) is 18.7 Å². The zero-order valence-corrected chi connectivity index (χ0v) is 12.0. The lowest BCUT2D eigenvalue weighted by Crippen LogP contribution is -2.48. The molecule has 0 radical (unpaired) electrons. The summed E-state index contributed by atoms with van der Waals surface area (Å²) in [6.45, 7) is 6.85. The minimum absolute atomic E-state index is 0.204. The van der Waals surface area contributed by atoms with E-state index in [0.29, 0.717) is 24.8 Å². The van der Waals surface area contributed by atoms with Gasteiger partial charge in [-0.25, -0.2) is 0 Å². The van der Waals surface area contributed by atoms with Crippen LogP contribution in [0, 0.1) is 11.8 Å². The molecule has 1 saturated heterocycles. The Hall–Kier alpha value is -1.10. The summed E-state index contributed by atoms with van der Waals surface area (Å²) in [4.78, 5) is 27.5. The molecule has 2 aliphatic rings. The Labute approximate surface area is 115 Å². The van der Waals surface area contributed by atoms with Gasteiger partial charge in [-0.1, -0.05) is 13.8 Å². The average Bonchev–Trinajstić information content (AvgIpc) is 3.12. The molecule has 1 aliphatic carbocycles. The van der Waals surface area contributed by atoms with E-state index in [1.165, 1.54) is 12.8 Å². The molecule has 1 saturated carbocycles. The molecule has 2 amide bonds. The van der Waals surface area contributed by atoms with Crippen molar-refractivity contribution in [2.24, 2.45) is 17.6 Å². The van der Waals surface area contributed by atoms with Crippen molar-refractivity contribution in [2.75, 3.05) is 26.2 Å². The summed E-state index contributed by atoms with van der Waals surface area (Å²) in [5, 5.41) is 0. The van der Waals surface area contributed by atoms with Crippen LogP contribution in [0.4, 0.5) is 0 Å². The van der Waals surface area contributed by atoms with Crippen molar-refractivity contribution in [2.45, 2.75) is 39.2 Å². The van der Waals surface area contributed by atoms with E-state index in [0.717, 1.165) is 13.1 Å². The highest BCUT2D eigenvalue weighted by Crippen LogP contribution is 2.32. The molecule has 108 valence electrons. The minimum atomic E-state index is -0.314. The standard InChI is InChI=1S/C14H25N3O2/c1-10(2)12-8-16(9-13(15)18)6-5-14(19)17(12)7-11-3-4-11/h10-12H,3-9H2,1-2H3,(H2,15,18). The second-order valence-corrected chi connectivity index (χ2v) is 6.25. The van der Waals surface area contributed by atoms with Gasteiger partial charge in [0.1, 0.15) is 0 Å². The fraction of sp³-hybridized carbons (Fsp3) is 0.857. The Morgan fingerprint density at radius 3 is 2.63 bits per heavy atom. The number of nitrogens with two attached hydrogens (primary N) is 1. The normalized spacial score (nSPS) is 25.7. The summed E-state index contributed by atoms with van der Waals surface area (Å²) in [5.74, 6) is 1.02. The highest BCUT2D eigenvalue weighted by molar-refractivity contribution is 5.78. The van der Waals surface area contributed by atoms with E-state index in [1.54, 1.807) is 0 Å². The van der Waals surface area contributed by atoms with Crippen molar-refractivity contribution < 1.29 is 9.59 Å². The second kappa shape index (κ2) is 5.90.